The molecule has 0 aliphatic carbocycles. The minimum atomic E-state index is -0.622. The van der Waals surface area contributed by atoms with Gasteiger partial charge in [-0.15, -0.1) is 0 Å². The average Bonchev–Trinajstić information content (AvgIpc) is 2.54. The molecule has 2 heterocycles. The first-order valence-electron chi connectivity index (χ1n) is 6.30. The molecule has 6 heteroatoms. The van der Waals surface area contributed by atoms with E-state index in [9.17, 15) is 4.79 Å². The van der Waals surface area contributed by atoms with Crippen LogP contribution >= 0.6 is 0 Å². The molecule has 6 nitrogen and oxygen atoms in total. The number of carbonyl (C=O) groups excluding carboxylic acids is 1. The number of aliphatic hydroxyl groups excluding tert-OH is 1. The third-order valence-electron chi connectivity index (χ3n) is 3.16. The highest BCUT2D eigenvalue weighted by molar-refractivity contribution is 5.95. The molecule has 3 N–H and O–H groups in total. The van der Waals surface area contributed by atoms with Crippen LogP contribution in [0.15, 0.2) is 42.9 Å². The second-order valence-electron chi connectivity index (χ2n) is 4.53. The number of rotatable bonds is 3. The zero-order chi connectivity index (χ0) is 14.8. The molecule has 1 amide bonds. The van der Waals surface area contributed by atoms with Crippen molar-refractivity contribution in [2.24, 2.45) is 5.73 Å². The van der Waals surface area contributed by atoms with Gasteiger partial charge in [0.05, 0.1) is 19.0 Å². The third-order valence-corrected chi connectivity index (χ3v) is 3.16. The normalized spacial score (nSPS) is 10.7. The van der Waals surface area contributed by atoms with Gasteiger partial charge in [0.1, 0.15) is 16.7 Å². The van der Waals surface area contributed by atoms with Crippen LogP contribution in [0.25, 0.3) is 22.2 Å². The smallest absolute Gasteiger partial charge is 0.268 e. The van der Waals surface area contributed by atoms with Gasteiger partial charge < -0.3 is 10.8 Å². The molecule has 104 valence electrons. The van der Waals surface area contributed by atoms with E-state index in [1.54, 1.807) is 12.4 Å². The molecule has 0 fully saturated rings. The molecule has 0 spiro atoms. The van der Waals surface area contributed by atoms with Gasteiger partial charge in [-0.2, -0.15) is 0 Å². The van der Waals surface area contributed by atoms with Gasteiger partial charge in [-0.25, -0.2) is 4.98 Å². The van der Waals surface area contributed by atoms with Crippen LogP contribution in [0, 0.1) is 0 Å². The van der Waals surface area contributed by atoms with Crippen LogP contribution in [-0.2, 0) is 6.61 Å². The number of nitrogens with zero attached hydrogens (tertiary/aromatic N) is 3. The summed E-state index contributed by atoms with van der Waals surface area (Å²) in [5.41, 5.74) is 8.96. The number of pyridine rings is 1. The molecule has 1 aromatic carbocycles. The van der Waals surface area contributed by atoms with Gasteiger partial charge in [0.25, 0.3) is 5.91 Å². The van der Waals surface area contributed by atoms with Crippen molar-refractivity contribution < 1.29 is 9.90 Å². The first-order valence-corrected chi connectivity index (χ1v) is 6.30. The van der Waals surface area contributed by atoms with Gasteiger partial charge in [0.2, 0.25) is 0 Å². The second-order valence-corrected chi connectivity index (χ2v) is 4.53. The highest BCUT2D eigenvalue weighted by Gasteiger charge is 2.10. The maximum atomic E-state index is 11.3. The van der Waals surface area contributed by atoms with Crippen LogP contribution in [-0.4, -0.2) is 26.0 Å². The summed E-state index contributed by atoms with van der Waals surface area (Å²) < 4.78 is 0. The molecule has 0 unspecified atom stereocenters. The minimum absolute atomic E-state index is 0.0142. The fraction of sp³-hybridized carbons (Fsp3) is 0.0667. The van der Waals surface area contributed by atoms with Gasteiger partial charge in [-0.05, 0) is 11.1 Å². The maximum Gasteiger partial charge on any atom is 0.268 e. The second kappa shape index (κ2) is 5.26. The zero-order valence-electron chi connectivity index (χ0n) is 11.0. The quantitative estimate of drug-likeness (QED) is 0.752. The maximum absolute atomic E-state index is 11.3. The predicted molar refractivity (Wildman–Crippen MR) is 77.2 cm³/mol. The molecule has 0 bridgehead atoms. The van der Waals surface area contributed by atoms with Gasteiger partial charge in [-0.1, -0.05) is 24.3 Å². The van der Waals surface area contributed by atoms with E-state index in [1.807, 2.05) is 24.3 Å². The lowest BCUT2D eigenvalue weighted by Gasteiger charge is -2.06. The Labute approximate surface area is 120 Å². The standard InChI is InChI=1S/C15H12N4O2/c16-15(21)13-7-18-12-6-17-5-11(14(12)19-13)10-3-1-9(8-20)2-4-10/h1-7,20H,8H2,(H2,16,21). The van der Waals surface area contributed by atoms with Crippen molar-refractivity contribution in [3.63, 3.8) is 0 Å². The summed E-state index contributed by atoms with van der Waals surface area (Å²) >= 11 is 0. The van der Waals surface area contributed by atoms with Crippen molar-refractivity contribution >= 4 is 16.9 Å². The fourth-order valence-corrected chi connectivity index (χ4v) is 2.05. The largest absolute Gasteiger partial charge is 0.392 e. The Kier molecular flexibility index (Phi) is 3.29. The van der Waals surface area contributed by atoms with Crippen molar-refractivity contribution in [2.75, 3.05) is 0 Å². The van der Waals surface area contributed by atoms with E-state index in [4.69, 9.17) is 10.8 Å². The van der Waals surface area contributed by atoms with Crippen molar-refractivity contribution in [3.05, 3.63) is 54.1 Å². The van der Waals surface area contributed by atoms with Crippen LogP contribution in [0.3, 0.4) is 0 Å². The van der Waals surface area contributed by atoms with Crippen LogP contribution < -0.4 is 5.73 Å². The molecule has 2 aromatic heterocycles. The van der Waals surface area contributed by atoms with Crippen LogP contribution in [0.5, 0.6) is 0 Å². The lowest BCUT2D eigenvalue weighted by atomic mass is 10.0. The highest BCUT2D eigenvalue weighted by Crippen LogP contribution is 2.25. The van der Waals surface area contributed by atoms with Gasteiger partial charge in [0.15, 0.2) is 0 Å². The number of carbonyl (C=O) groups is 1. The topological polar surface area (TPSA) is 102 Å². The Hall–Kier alpha value is -2.86. The average molecular weight is 280 g/mol. The predicted octanol–water partition coefficient (Wildman–Crippen LogP) is 1.28. The van der Waals surface area contributed by atoms with Crippen molar-refractivity contribution in [3.8, 4) is 11.1 Å². The Balaban J connectivity index is 2.20. The Morgan fingerprint density at radius 3 is 2.57 bits per heavy atom. The molecular weight excluding hydrogens is 268 g/mol. The lowest BCUT2D eigenvalue weighted by molar-refractivity contribution is 0.0995. The van der Waals surface area contributed by atoms with Crippen LogP contribution in [0.4, 0.5) is 0 Å². The molecule has 0 saturated carbocycles. The number of aliphatic hydroxyl groups is 1. The van der Waals surface area contributed by atoms with Crippen molar-refractivity contribution in [1.82, 2.24) is 15.0 Å². The monoisotopic (exact) mass is 280 g/mol. The number of nitrogens with two attached hydrogens (primary N) is 1. The van der Waals surface area contributed by atoms with Crippen molar-refractivity contribution in [2.45, 2.75) is 6.61 Å². The molecule has 0 atom stereocenters. The van der Waals surface area contributed by atoms with Crippen molar-refractivity contribution in [1.29, 1.82) is 0 Å². The van der Waals surface area contributed by atoms with E-state index in [0.29, 0.717) is 11.0 Å². The van der Waals surface area contributed by atoms with E-state index in [-0.39, 0.29) is 12.3 Å². The molecule has 0 radical (unpaired) electrons. The summed E-state index contributed by atoms with van der Waals surface area (Å²) in [6, 6.07) is 7.36. The lowest BCUT2D eigenvalue weighted by Crippen LogP contribution is -2.13. The summed E-state index contributed by atoms with van der Waals surface area (Å²) in [6.07, 6.45) is 4.58. The Bertz CT molecular complexity index is 816. The summed E-state index contributed by atoms with van der Waals surface area (Å²) in [6.45, 7) is -0.0142. The number of benzene rings is 1. The first-order chi connectivity index (χ1) is 10.2. The Morgan fingerprint density at radius 1 is 1.14 bits per heavy atom. The van der Waals surface area contributed by atoms with Crippen LogP contribution in [0.1, 0.15) is 16.1 Å². The van der Waals surface area contributed by atoms with Gasteiger partial charge in [0, 0.05) is 11.8 Å². The van der Waals surface area contributed by atoms with Gasteiger partial charge >= 0.3 is 0 Å². The number of aromatic nitrogens is 3. The SMILES string of the molecule is NC(=O)c1cnc2cncc(-c3ccc(CO)cc3)c2n1. The highest BCUT2D eigenvalue weighted by atomic mass is 16.3. The van der Waals surface area contributed by atoms with E-state index in [0.717, 1.165) is 16.7 Å². The molecule has 0 saturated heterocycles. The fourth-order valence-electron chi connectivity index (χ4n) is 2.05. The van der Waals surface area contributed by atoms with E-state index in [2.05, 4.69) is 15.0 Å². The van der Waals surface area contributed by atoms with E-state index in [1.165, 1.54) is 6.20 Å². The number of primary amides is 1. The van der Waals surface area contributed by atoms with E-state index >= 15 is 0 Å². The zero-order valence-corrected chi connectivity index (χ0v) is 11.0. The number of amides is 1. The first kappa shape index (κ1) is 13.1. The molecule has 3 rings (SSSR count). The van der Waals surface area contributed by atoms with E-state index < -0.39 is 5.91 Å². The minimum Gasteiger partial charge on any atom is -0.392 e. The molecular formula is C15H12N4O2. The summed E-state index contributed by atoms with van der Waals surface area (Å²) in [7, 11) is 0. The number of hydrogen-bond acceptors (Lipinski definition) is 5. The summed E-state index contributed by atoms with van der Waals surface area (Å²) in [4.78, 5) is 23.8. The number of hydrogen-bond donors (Lipinski definition) is 2. The molecule has 0 aliphatic rings. The van der Waals surface area contributed by atoms with Gasteiger partial charge in [-0.3, -0.25) is 14.8 Å². The Morgan fingerprint density at radius 2 is 1.90 bits per heavy atom. The summed E-state index contributed by atoms with van der Waals surface area (Å²) in [5.74, 6) is -0.622. The molecule has 21 heavy (non-hydrogen) atoms. The number of fused-ring (bicyclic) bond motifs is 1. The molecule has 3 aromatic rings. The third kappa shape index (κ3) is 2.44. The molecule has 0 aliphatic heterocycles. The summed E-state index contributed by atoms with van der Waals surface area (Å²) in [5, 5.41) is 9.08. The van der Waals surface area contributed by atoms with Crippen LogP contribution in [0.2, 0.25) is 0 Å².